The fourth-order valence-corrected chi connectivity index (χ4v) is 3.29. The Hall–Kier alpha value is -2.27. The standard InChI is InChI=1S/C26H41NO4/c1-3-15-23(28)16-13-11-9-7-5-4-6-8-10-12-14-17-26(30)27-21-22-18-19-24(29)25(20-22)31-2/h5,7,11,13,18-20,23,28-29H,3-4,6,8-10,12,14-17,21H2,1-2H3,(H,27,30)/b7-5-,13-11-. The number of phenols is 1. The van der Waals surface area contributed by atoms with Gasteiger partial charge in [-0.25, -0.2) is 0 Å². The van der Waals surface area contributed by atoms with Crippen LogP contribution in [0.25, 0.3) is 0 Å². The van der Waals surface area contributed by atoms with Crippen LogP contribution in [0.1, 0.15) is 83.1 Å². The van der Waals surface area contributed by atoms with Crippen LogP contribution in [0.5, 0.6) is 11.5 Å². The molecule has 1 amide bonds. The van der Waals surface area contributed by atoms with E-state index < -0.39 is 0 Å². The van der Waals surface area contributed by atoms with E-state index in [-0.39, 0.29) is 17.8 Å². The summed E-state index contributed by atoms with van der Waals surface area (Å²) in [5.74, 6) is 0.578. The number of rotatable bonds is 17. The third-order valence-corrected chi connectivity index (χ3v) is 5.14. The number of aromatic hydroxyl groups is 1. The molecule has 0 aromatic heterocycles. The fourth-order valence-electron chi connectivity index (χ4n) is 3.29. The molecule has 0 radical (unpaired) electrons. The molecule has 1 unspecified atom stereocenters. The van der Waals surface area contributed by atoms with Gasteiger partial charge in [-0.2, -0.15) is 0 Å². The van der Waals surface area contributed by atoms with Gasteiger partial charge in [0.2, 0.25) is 5.91 Å². The number of carbonyl (C=O) groups is 1. The lowest BCUT2D eigenvalue weighted by Gasteiger charge is -2.08. The summed E-state index contributed by atoms with van der Waals surface area (Å²) in [5.41, 5.74) is 0.903. The average Bonchev–Trinajstić information content (AvgIpc) is 2.76. The molecule has 5 nitrogen and oxygen atoms in total. The average molecular weight is 432 g/mol. The monoisotopic (exact) mass is 431 g/mol. The minimum absolute atomic E-state index is 0.0604. The van der Waals surface area contributed by atoms with Gasteiger partial charge in [-0.05, 0) is 56.2 Å². The predicted octanol–water partition coefficient (Wildman–Crippen LogP) is 5.80. The Morgan fingerprint density at radius 1 is 1.10 bits per heavy atom. The second-order valence-corrected chi connectivity index (χ2v) is 7.95. The molecule has 1 aromatic rings. The summed E-state index contributed by atoms with van der Waals surface area (Å²) >= 11 is 0. The highest BCUT2D eigenvalue weighted by atomic mass is 16.5. The summed E-state index contributed by atoms with van der Waals surface area (Å²) in [6.07, 6.45) is 19.2. The Balaban J connectivity index is 1.98. The van der Waals surface area contributed by atoms with Gasteiger partial charge in [0.1, 0.15) is 0 Å². The number of allylic oxidation sites excluding steroid dienone is 3. The lowest BCUT2D eigenvalue weighted by Crippen LogP contribution is -2.22. The van der Waals surface area contributed by atoms with E-state index in [4.69, 9.17) is 4.74 Å². The molecule has 31 heavy (non-hydrogen) atoms. The molecule has 1 rings (SSSR count). The highest BCUT2D eigenvalue weighted by Gasteiger charge is 2.05. The van der Waals surface area contributed by atoms with Crippen molar-refractivity contribution in [2.24, 2.45) is 0 Å². The number of hydrogen-bond acceptors (Lipinski definition) is 4. The first kappa shape index (κ1) is 26.8. The molecule has 1 atom stereocenters. The van der Waals surface area contributed by atoms with Crippen molar-refractivity contribution in [2.45, 2.75) is 90.2 Å². The number of methoxy groups -OCH3 is 1. The van der Waals surface area contributed by atoms with Crippen LogP contribution in [0.3, 0.4) is 0 Å². The molecule has 0 saturated carbocycles. The SMILES string of the molecule is CCCC(O)C/C=C\C/C=C\CCCCCCCC(=O)NCc1ccc(O)c(OC)c1. The number of aliphatic hydroxyl groups excluding tert-OH is 1. The van der Waals surface area contributed by atoms with Gasteiger partial charge in [0.05, 0.1) is 13.2 Å². The Morgan fingerprint density at radius 3 is 2.61 bits per heavy atom. The van der Waals surface area contributed by atoms with Crippen molar-refractivity contribution < 1.29 is 19.7 Å². The summed E-state index contributed by atoms with van der Waals surface area (Å²) in [5, 5.41) is 22.2. The Morgan fingerprint density at radius 2 is 1.84 bits per heavy atom. The second kappa shape index (κ2) is 17.4. The first-order valence-corrected chi connectivity index (χ1v) is 11.7. The summed E-state index contributed by atoms with van der Waals surface area (Å²) in [6.45, 7) is 2.53. The van der Waals surface area contributed by atoms with Gasteiger partial charge >= 0.3 is 0 Å². The Labute approximate surface area is 188 Å². The van der Waals surface area contributed by atoms with E-state index in [9.17, 15) is 15.0 Å². The van der Waals surface area contributed by atoms with Crippen molar-refractivity contribution >= 4 is 5.91 Å². The number of carbonyl (C=O) groups excluding carboxylic acids is 1. The molecular formula is C26H41NO4. The molecule has 0 heterocycles. The zero-order valence-corrected chi connectivity index (χ0v) is 19.3. The molecule has 0 spiro atoms. The smallest absolute Gasteiger partial charge is 0.220 e. The number of amides is 1. The number of unbranched alkanes of at least 4 members (excludes halogenated alkanes) is 5. The largest absolute Gasteiger partial charge is 0.504 e. The molecule has 1 aromatic carbocycles. The third-order valence-electron chi connectivity index (χ3n) is 5.14. The molecule has 0 aliphatic heterocycles. The Bertz CT molecular complexity index is 669. The molecule has 0 bridgehead atoms. The van der Waals surface area contributed by atoms with Crippen molar-refractivity contribution in [2.75, 3.05) is 7.11 Å². The minimum Gasteiger partial charge on any atom is -0.504 e. The first-order chi connectivity index (χ1) is 15.1. The van der Waals surface area contributed by atoms with Crippen LogP contribution in [0.2, 0.25) is 0 Å². The van der Waals surface area contributed by atoms with Crippen molar-refractivity contribution in [1.82, 2.24) is 5.32 Å². The molecule has 0 fully saturated rings. The highest BCUT2D eigenvalue weighted by Crippen LogP contribution is 2.26. The lowest BCUT2D eigenvalue weighted by molar-refractivity contribution is -0.121. The van der Waals surface area contributed by atoms with Crippen LogP contribution in [-0.4, -0.2) is 29.3 Å². The molecule has 0 aliphatic carbocycles. The van der Waals surface area contributed by atoms with E-state index >= 15 is 0 Å². The van der Waals surface area contributed by atoms with Gasteiger partial charge in [0.25, 0.3) is 0 Å². The quantitative estimate of drug-likeness (QED) is 0.215. The van der Waals surface area contributed by atoms with Crippen molar-refractivity contribution in [3.63, 3.8) is 0 Å². The zero-order chi connectivity index (χ0) is 22.7. The number of phenolic OH excluding ortho intramolecular Hbond substituents is 1. The van der Waals surface area contributed by atoms with Gasteiger partial charge in [0.15, 0.2) is 11.5 Å². The third kappa shape index (κ3) is 13.6. The minimum atomic E-state index is -0.195. The lowest BCUT2D eigenvalue weighted by atomic mass is 10.1. The van der Waals surface area contributed by atoms with E-state index in [2.05, 4.69) is 36.5 Å². The molecule has 5 heteroatoms. The predicted molar refractivity (Wildman–Crippen MR) is 127 cm³/mol. The van der Waals surface area contributed by atoms with E-state index in [0.717, 1.165) is 56.9 Å². The highest BCUT2D eigenvalue weighted by molar-refractivity contribution is 5.75. The van der Waals surface area contributed by atoms with Crippen molar-refractivity contribution in [1.29, 1.82) is 0 Å². The summed E-state index contributed by atoms with van der Waals surface area (Å²) < 4.78 is 5.08. The first-order valence-electron chi connectivity index (χ1n) is 11.7. The summed E-state index contributed by atoms with van der Waals surface area (Å²) in [6, 6.07) is 5.09. The van der Waals surface area contributed by atoms with Crippen molar-refractivity contribution in [3.05, 3.63) is 48.1 Å². The summed E-state index contributed by atoms with van der Waals surface area (Å²) in [4.78, 5) is 12.0. The van der Waals surface area contributed by atoms with Gasteiger partial charge in [0, 0.05) is 13.0 Å². The number of nitrogens with one attached hydrogen (secondary N) is 1. The number of benzene rings is 1. The van der Waals surface area contributed by atoms with Crippen LogP contribution < -0.4 is 10.1 Å². The maximum atomic E-state index is 12.0. The zero-order valence-electron chi connectivity index (χ0n) is 19.3. The number of aliphatic hydroxyl groups is 1. The molecule has 0 aliphatic rings. The molecule has 0 saturated heterocycles. The van der Waals surface area contributed by atoms with Crippen LogP contribution in [0.4, 0.5) is 0 Å². The number of ether oxygens (including phenoxy) is 1. The second-order valence-electron chi connectivity index (χ2n) is 7.95. The number of hydrogen-bond donors (Lipinski definition) is 3. The van der Waals surface area contributed by atoms with Gasteiger partial charge in [-0.1, -0.05) is 63.0 Å². The van der Waals surface area contributed by atoms with E-state index in [1.165, 1.54) is 20.0 Å². The van der Waals surface area contributed by atoms with Gasteiger partial charge < -0.3 is 20.3 Å². The molecular weight excluding hydrogens is 390 g/mol. The van der Waals surface area contributed by atoms with E-state index in [0.29, 0.717) is 18.7 Å². The van der Waals surface area contributed by atoms with Crippen LogP contribution in [0.15, 0.2) is 42.5 Å². The topological polar surface area (TPSA) is 78.8 Å². The molecule has 3 N–H and O–H groups in total. The maximum Gasteiger partial charge on any atom is 0.220 e. The van der Waals surface area contributed by atoms with Crippen molar-refractivity contribution in [3.8, 4) is 11.5 Å². The van der Waals surface area contributed by atoms with Gasteiger partial charge in [-0.15, -0.1) is 0 Å². The van der Waals surface area contributed by atoms with Crippen LogP contribution in [-0.2, 0) is 11.3 Å². The molecule has 174 valence electrons. The van der Waals surface area contributed by atoms with E-state index in [1.807, 2.05) is 0 Å². The van der Waals surface area contributed by atoms with Crippen LogP contribution >= 0.6 is 0 Å². The maximum absolute atomic E-state index is 12.0. The van der Waals surface area contributed by atoms with Gasteiger partial charge in [-0.3, -0.25) is 4.79 Å². The summed E-state index contributed by atoms with van der Waals surface area (Å²) in [7, 11) is 1.51. The van der Waals surface area contributed by atoms with E-state index in [1.54, 1.807) is 18.2 Å². The fraction of sp³-hybridized carbons (Fsp3) is 0.577. The van der Waals surface area contributed by atoms with Crippen LogP contribution in [0, 0.1) is 0 Å². The normalized spacial score (nSPS) is 12.5. The Kier molecular flexibility index (Phi) is 15.0.